The molecular weight excluding hydrogens is 404 g/mol. The molecule has 4 rings (SSSR count). The van der Waals surface area contributed by atoms with E-state index in [1.54, 1.807) is 24.3 Å². The largest absolute Gasteiger partial charge is 0.481 e. The quantitative estimate of drug-likeness (QED) is 0.643. The molecule has 0 amide bonds. The van der Waals surface area contributed by atoms with Crippen molar-refractivity contribution in [2.45, 2.75) is 12.8 Å². The number of benzene rings is 2. The fraction of sp³-hybridized carbons (Fsp3) is 0.250. The zero-order valence-corrected chi connectivity index (χ0v) is 16.2. The van der Waals surface area contributed by atoms with E-state index in [0.29, 0.717) is 57.4 Å². The SMILES string of the molecule is O=C(O)[C@@H]1CCCN(c2ncnc3ccc(F)c(-c4ccc(Cl)c(Cl)c4)c23)C1. The Labute approximate surface area is 170 Å². The lowest BCUT2D eigenvalue weighted by Gasteiger charge is -2.32. The normalized spacial score (nSPS) is 17.1. The van der Waals surface area contributed by atoms with Crippen LogP contribution in [0.15, 0.2) is 36.7 Å². The molecule has 5 nitrogen and oxygen atoms in total. The van der Waals surface area contributed by atoms with Crippen molar-refractivity contribution in [1.82, 2.24) is 9.97 Å². The van der Waals surface area contributed by atoms with Crippen LogP contribution in [0, 0.1) is 11.7 Å². The molecule has 0 unspecified atom stereocenters. The topological polar surface area (TPSA) is 66.3 Å². The molecule has 2 heterocycles. The second kappa shape index (κ2) is 7.53. The highest BCUT2D eigenvalue weighted by Gasteiger charge is 2.28. The van der Waals surface area contributed by atoms with Gasteiger partial charge in [0, 0.05) is 18.7 Å². The third-order valence-corrected chi connectivity index (χ3v) is 5.75. The van der Waals surface area contributed by atoms with Gasteiger partial charge >= 0.3 is 5.97 Å². The number of carboxylic acid groups (broad SMARTS) is 1. The standard InChI is InChI=1S/C20H16Cl2FN3O2/c21-13-4-3-11(8-14(13)22)17-15(23)5-6-16-18(17)19(25-10-24-16)26-7-1-2-12(9-26)20(27)28/h3-6,8,10,12H,1-2,7,9H2,(H,27,28)/t12-/m1/s1. The van der Waals surface area contributed by atoms with Crippen molar-refractivity contribution in [1.29, 1.82) is 0 Å². The Kier molecular flexibility index (Phi) is 5.08. The Balaban J connectivity index is 1.92. The Morgan fingerprint density at radius 1 is 1.18 bits per heavy atom. The number of fused-ring (bicyclic) bond motifs is 1. The molecule has 1 saturated heterocycles. The minimum Gasteiger partial charge on any atom is -0.481 e. The van der Waals surface area contributed by atoms with Gasteiger partial charge in [-0.15, -0.1) is 0 Å². The Morgan fingerprint density at radius 2 is 2.00 bits per heavy atom. The van der Waals surface area contributed by atoms with E-state index in [-0.39, 0.29) is 0 Å². The van der Waals surface area contributed by atoms with Gasteiger partial charge in [0.05, 0.1) is 26.9 Å². The summed E-state index contributed by atoms with van der Waals surface area (Å²) in [4.78, 5) is 22.0. The summed E-state index contributed by atoms with van der Waals surface area (Å²) in [6.07, 6.45) is 2.75. The van der Waals surface area contributed by atoms with Gasteiger partial charge in [-0.05, 0) is 42.7 Å². The molecule has 0 saturated carbocycles. The van der Waals surface area contributed by atoms with Gasteiger partial charge in [0.15, 0.2) is 0 Å². The third-order valence-electron chi connectivity index (χ3n) is 5.01. The maximum atomic E-state index is 14.9. The first-order chi connectivity index (χ1) is 13.5. The lowest BCUT2D eigenvalue weighted by Crippen LogP contribution is -2.39. The lowest BCUT2D eigenvalue weighted by atomic mass is 9.96. The molecule has 28 heavy (non-hydrogen) atoms. The van der Waals surface area contributed by atoms with Crippen molar-refractivity contribution in [2.24, 2.45) is 5.92 Å². The van der Waals surface area contributed by atoms with E-state index in [2.05, 4.69) is 9.97 Å². The number of anilines is 1. The van der Waals surface area contributed by atoms with Crippen LogP contribution in [0.4, 0.5) is 10.2 Å². The van der Waals surface area contributed by atoms with Crippen molar-refractivity contribution < 1.29 is 14.3 Å². The summed E-state index contributed by atoms with van der Waals surface area (Å²) in [5.41, 5.74) is 1.45. The summed E-state index contributed by atoms with van der Waals surface area (Å²) in [7, 11) is 0. The van der Waals surface area contributed by atoms with Crippen LogP contribution in [0.5, 0.6) is 0 Å². The number of rotatable bonds is 3. The molecule has 1 aromatic heterocycles. The van der Waals surface area contributed by atoms with E-state index in [0.717, 1.165) is 6.42 Å². The molecule has 0 bridgehead atoms. The van der Waals surface area contributed by atoms with Crippen LogP contribution < -0.4 is 4.90 Å². The first kappa shape index (κ1) is 18.9. The highest BCUT2D eigenvalue weighted by molar-refractivity contribution is 6.42. The fourth-order valence-corrected chi connectivity index (χ4v) is 3.95. The van der Waals surface area contributed by atoms with Crippen LogP contribution in [0.1, 0.15) is 12.8 Å². The molecule has 3 aromatic rings. The van der Waals surface area contributed by atoms with Gasteiger partial charge in [0.1, 0.15) is 18.0 Å². The summed E-state index contributed by atoms with van der Waals surface area (Å²) >= 11 is 12.2. The molecule has 1 fully saturated rings. The van der Waals surface area contributed by atoms with E-state index in [1.807, 2.05) is 4.90 Å². The second-order valence-corrected chi connectivity index (χ2v) is 7.58. The molecule has 0 radical (unpaired) electrons. The van der Waals surface area contributed by atoms with E-state index in [4.69, 9.17) is 23.2 Å². The van der Waals surface area contributed by atoms with Gasteiger partial charge in [-0.1, -0.05) is 29.3 Å². The van der Waals surface area contributed by atoms with Crippen LogP contribution in [0.3, 0.4) is 0 Å². The smallest absolute Gasteiger partial charge is 0.308 e. The average Bonchev–Trinajstić information content (AvgIpc) is 2.70. The molecule has 1 N–H and O–H groups in total. The van der Waals surface area contributed by atoms with E-state index in [9.17, 15) is 14.3 Å². The molecule has 2 aromatic carbocycles. The number of carboxylic acids is 1. The number of nitrogens with zero attached hydrogens (tertiary/aromatic N) is 3. The minimum atomic E-state index is -0.834. The van der Waals surface area contributed by atoms with Gasteiger partial charge in [-0.3, -0.25) is 4.79 Å². The van der Waals surface area contributed by atoms with E-state index < -0.39 is 17.7 Å². The van der Waals surface area contributed by atoms with E-state index >= 15 is 0 Å². The number of aromatic nitrogens is 2. The Morgan fingerprint density at radius 3 is 2.75 bits per heavy atom. The maximum absolute atomic E-state index is 14.9. The first-order valence-electron chi connectivity index (χ1n) is 8.82. The zero-order chi connectivity index (χ0) is 19.8. The Hall–Kier alpha value is -2.44. The second-order valence-electron chi connectivity index (χ2n) is 6.77. The molecular formula is C20H16Cl2FN3O2. The molecule has 1 aliphatic heterocycles. The maximum Gasteiger partial charge on any atom is 0.308 e. The number of hydrogen-bond acceptors (Lipinski definition) is 4. The fourth-order valence-electron chi connectivity index (χ4n) is 3.66. The predicted octanol–water partition coefficient (Wildman–Crippen LogP) is 5.04. The monoisotopic (exact) mass is 419 g/mol. The minimum absolute atomic E-state index is 0.317. The highest BCUT2D eigenvalue weighted by atomic mass is 35.5. The summed E-state index contributed by atoms with van der Waals surface area (Å²) in [6, 6.07) is 7.86. The average molecular weight is 420 g/mol. The molecule has 0 spiro atoms. The predicted molar refractivity (Wildman–Crippen MR) is 108 cm³/mol. The van der Waals surface area contributed by atoms with Gasteiger partial charge in [0.25, 0.3) is 0 Å². The molecule has 8 heteroatoms. The van der Waals surface area contributed by atoms with Crippen LogP contribution in [-0.2, 0) is 4.79 Å². The van der Waals surface area contributed by atoms with Crippen LogP contribution in [-0.4, -0.2) is 34.1 Å². The van der Waals surface area contributed by atoms with Crippen molar-refractivity contribution in [2.75, 3.05) is 18.0 Å². The molecule has 1 aliphatic rings. The van der Waals surface area contributed by atoms with Crippen molar-refractivity contribution in [3.63, 3.8) is 0 Å². The molecule has 144 valence electrons. The van der Waals surface area contributed by atoms with Crippen LogP contribution in [0.25, 0.3) is 22.0 Å². The van der Waals surface area contributed by atoms with E-state index in [1.165, 1.54) is 12.4 Å². The number of hydrogen-bond donors (Lipinski definition) is 1. The number of halogens is 3. The Bertz CT molecular complexity index is 1080. The van der Waals surface area contributed by atoms with Crippen molar-refractivity contribution in [3.8, 4) is 11.1 Å². The summed E-state index contributed by atoms with van der Waals surface area (Å²) < 4.78 is 14.9. The van der Waals surface area contributed by atoms with Gasteiger partial charge in [-0.25, -0.2) is 14.4 Å². The van der Waals surface area contributed by atoms with Crippen molar-refractivity contribution in [3.05, 3.63) is 52.5 Å². The molecule has 1 atom stereocenters. The molecule has 0 aliphatic carbocycles. The summed E-state index contributed by atoms with van der Waals surface area (Å²) in [5.74, 6) is -1.23. The van der Waals surface area contributed by atoms with Crippen LogP contribution in [0.2, 0.25) is 10.0 Å². The summed E-state index contributed by atoms with van der Waals surface area (Å²) in [5, 5.41) is 10.6. The van der Waals surface area contributed by atoms with Crippen LogP contribution >= 0.6 is 23.2 Å². The number of aliphatic carboxylic acids is 1. The number of carbonyl (C=O) groups is 1. The number of piperidine rings is 1. The lowest BCUT2D eigenvalue weighted by molar-refractivity contribution is -0.141. The highest BCUT2D eigenvalue weighted by Crippen LogP contribution is 2.38. The third kappa shape index (κ3) is 3.38. The van der Waals surface area contributed by atoms with Gasteiger partial charge in [0.2, 0.25) is 0 Å². The zero-order valence-electron chi connectivity index (χ0n) is 14.7. The first-order valence-corrected chi connectivity index (χ1v) is 9.57. The van der Waals surface area contributed by atoms with Crippen molar-refractivity contribution >= 4 is 45.9 Å². The van der Waals surface area contributed by atoms with Gasteiger partial charge in [-0.2, -0.15) is 0 Å². The van der Waals surface area contributed by atoms with Gasteiger partial charge < -0.3 is 10.0 Å². The summed E-state index contributed by atoms with van der Waals surface area (Å²) in [6.45, 7) is 0.964.